The Labute approximate surface area is 221 Å². The molecule has 0 N–H and O–H groups in total. The van der Waals surface area contributed by atoms with Crippen molar-refractivity contribution in [3.8, 4) is 22.6 Å². The summed E-state index contributed by atoms with van der Waals surface area (Å²) in [5.41, 5.74) is 4.63. The smallest absolute Gasteiger partial charge is 0.272 e. The van der Waals surface area contributed by atoms with Crippen molar-refractivity contribution in [1.82, 2.24) is 19.4 Å². The van der Waals surface area contributed by atoms with Gasteiger partial charge in [0.1, 0.15) is 22.9 Å². The number of carbonyl (C=O) groups is 2. The van der Waals surface area contributed by atoms with Crippen molar-refractivity contribution in [2.75, 3.05) is 33.9 Å². The number of benzene rings is 2. The molecule has 2 aliphatic heterocycles. The van der Waals surface area contributed by atoms with Crippen molar-refractivity contribution in [2.24, 2.45) is 0 Å². The van der Waals surface area contributed by atoms with Crippen molar-refractivity contribution in [2.45, 2.75) is 25.9 Å². The molecule has 0 atom stereocenters. The number of aromatic nitrogens is 2. The molecule has 2 amide bonds. The summed E-state index contributed by atoms with van der Waals surface area (Å²) in [6, 6.07) is 17.4. The molecule has 4 heterocycles. The molecule has 2 aromatic heterocycles. The molecule has 1 saturated heterocycles. The van der Waals surface area contributed by atoms with Crippen LogP contribution in [0.1, 0.15) is 39.4 Å². The number of amides is 2. The second-order valence-electron chi connectivity index (χ2n) is 9.78. The summed E-state index contributed by atoms with van der Waals surface area (Å²) >= 11 is 0. The third-order valence-electron chi connectivity index (χ3n) is 7.51. The van der Waals surface area contributed by atoms with Crippen LogP contribution < -0.4 is 9.47 Å². The minimum atomic E-state index is -0.0292. The normalized spacial score (nSPS) is 15.2. The van der Waals surface area contributed by atoms with Crippen LogP contribution >= 0.6 is 0 Å². The lowest BCUT2D eigenvalue weighted by Crippen LogP contribution is -2.39. The quantitative estimate of drug-likeness (QED) is 0.379. The van der Waals surface area contributed by atoms with E-state index in [9.17, 15) is 9.59 Å². The number of rotatable bonds is 6. The van der Waals surface area contributed by atoms with Crippen LogP contribution in [0.25, 0.3) is 22.0 Å². The molecule has 1 fully saturated rings. The largest absolute Gasteiger partial charge is 0.497 e. The minimum Gasteiger partial charge on any atom is -0.497 e. The lowest BCUT2D eigenvalue weighted by molar-refractivity contribution is 0.0689. The van der Waals surface area contributed by atoms with E-state index < -0.39 is 0 Å². The van der Waals surface area contributed by atoms with Gasteiger partial charge in [0.05, 0.1) is 19.7 Å². The summed E-state index contributed by atoms with van der Waals surface area (Å²) in [5.74, 6) is 1.36. The number of likely N-dealkylation sites (tertiary alicyclic amines) is 1. The Morgan fingerprint density at radius 3 is 2.58 bits per heavy atom. The molecule has 8 heteroatoms. The highest BCUT2D eigenvalue weighted by atomic mass is 16.5. The van der Waals surface area contributed by atoms with Crippen LogP contribution in [-0.4, -0.2) is 65.0 Å². The first-order valence-corrected chi connectivity index (χ1v) is 13.0. The highest BCUT2D eigenvalue weighted by molar-refractivity contribution is 6.00. The number of hydrogen-bond acceptors (Lipinski definition) is 5. The molecule has 194 valence electrons. The summed E-state index contributed by atoms with van der Waals surface area (Å²) in [4.78, 5) is 35.0. The van der Waals surface area contributed by atoms with Gasteiger partial charge in [-0.1, -0.05) is 24.3 Å². The average molecular weight is 511 g/mol. The van der Waals surface area contributed by atoms with Crippen LogP contribution in [0.3, 0.4) is 0 Å². The van der Waals surface area contributed by atoms with Gasteiger partial charge in [0.25, 0.3) is 11.8 Å². The summed E-state index contributed by atoms with van der Waals surface area (Å²) in [6.45, 7) is 3.30. The van der Waals surface area contributed by atoms with Gasteiger partial charge in [0.15, 0.2) is 0 Å². The number of methoxy groups -OCH3 is 2. The van der Waals surface area contributed by atoms with Crippen LogP contribution in [0.15, 0.2) is 60.8 Å². The van der Waals surface area contributed by atoms with Crippen molar-refractivity contribution in [1.29, 1.82) is 0 Å². The molecule has 0 saturated carbocycles. The number of para-hydroxylation sites is 1. The molecule has 2 aliphatic rings. The molecule has 0 radical (unpaired) electrons. The highest BCUT2D eigenvalue weighted by Gasteiger charge is 2.27. The maximum Gasteiger partial charge on any atom is 0.272 e. The van der Waals surface area contributed by atoms with Gasteiger partial charge in [-0.2, -0.15) is 0 Å². The molecule has 0 bridgehead atoms. The van der Waals surface area contributed by atoms with Gasteiger partial charge < -0.3 is 23.8 Å². The average Bonchev–Trinajstić information content (AvgIpc) is 3.65. The van der Waals surface area contributed by atoms with Gasteiger partial charge >= 0.3 is 0 Å². The zero-order valence-electron chi connectivity index (χ0n) is 21.6. The van der Waals surface area contributed by atoms with Crippen LogP contribution in [-0.2, 0) is 13.1 Å². The Kier molecular flexibility index (Phi) is 6.23. The van der Waals surface area contributed by atoms with E-state index in [0.29, 0.717) is 42.5 Å². The summed E-state index contributed by atoms with van der Waals surface area (Å²) < 4.78 is 12.9. The maximum absolute atomic E-state index is 13.5. The van der Waals surface area contributed by atoms with Gasteiger partial charge in [-0.15, -0.1) is 0 Å². The first-order valence-electron chi connectivity index (χ1n) is 13.0. The van der Waals surface area contributed by atoms with E-state index in [1.807, 2.05) is 75.2 Å². The Hall–Kier alpha value is -4.33. The second-order valence-corrected chi connectivity index (χ2v) is 9.78. The predicted octanol–water partition coefficient (Wildman–Crippen LogP) is 4.61. The fourth-order valence-electron chi connectivity index (χ4n) is 5.43. The molecule has 0 spiro atoms. The van der Waals surface area contributed by atoms with Gasteiger partial charge in [0, 0.05) is 67.1 Å². The predicted molar refractivity (Wildman–Crippen MR) is 145 cm³/mol. The highest BCUT2D eigenvalue weighted by Crippen LogP contribution is 2.32. The Bertz CT molecular complexity index is 1540. The first-order chi connectivity index (χ1) is 18.6. The van der Waals surface area contributed by atoms with Crippen LogP contribution in [0.5, 0.6) is 11.5 Å². The van der Waals surface area contributed by atoms with Crippen molar-refractivity contribution in [3.05, 3.63) is 77.7 Å². The van der Waals surface area contributed by atoms with E-state index in [-0.39, 0.29) is 11.8 Å². The Balaban J connectivity index is 1.30. The maximum atomic E-state index is 13.5. The minimum absolute atomic E-state index is 0.0184. The number of ether oxygens (including phenoxy) is 2. The van der Waals surface area contributed by atoms with Crippen molar-refractivity contribution in [3.63, 3.8) is 0 Å². The molecule has 6 rings (SSSR count). The third-order valence-corrected chi connectivity index (χ3v) is 7.51. The number of hydrogen-bond donors (Lipinski definition) is 0. The lowest BCUT2D eigenvalue weighted by Gasteiger charge is -2.29. The lowest BCUT2D eigenvalue weighted by atomic mass is 10.0. The third kappa shape index (κ3) is 4.26. The molecule has 0 aliphatic carbocycles. The molecular formula is C30H30N4O4. The fourth-order valence-corrected chi connectivity index (χ4v) is 5.43. The topological polar surface area (TPSA) is 76.9 Å². The fraction of sp³-hybridized carbons (Fsp3) is 0.300. The summed E-state index contributed by atoms with van der Waals surface area (Å²) in [7, 11) is 3.24. The molecular weight excluding hydrogens is 480 g/mol. The number of nitrogens with zero attached hydrogens (tertiary/aromatic N) is 4. The van der Waals surface area contributed by atoms with Gasteiger partial charge in [0.2, 0.25) is 0 Å². The molecule has 2 aromatic carbocycles. The standard InChI is InChI=1S/C30H30N4O4/c1-37-23-10-8-21(27(17-23)38-2)18-34-15-14-33-19-22(16-26(33)30(34)36)24-7-5-6-20-9-11-25(31-28(20)24)29(35)32-12-3-4-13-32/h5-11,16-17,19H,3-4,12-15,18H2,1-2H3. The zero-order valence-corrected chi connectivity index (χ0v) is 21.6. The second kappa shape index (κ2) is 9.85. The van der Waals surface area contributed by atoms with E-state index in [4.69, 9.17) is 14.5 Å². The van der Waals surface area contributed by atoms with Crippen LogP contribution in [0, 0.1) is 0 Å². The van der Waals surface area contributed by atoms with E-state index in [1.165, 1.54) is 0 Å². The first kappa shape index (κ1) is 24.0. The number of fused-ring (bicyclic) bond motifs is 2. The van der Waals surface area contributed by atoms with Gasteiger partial charge in [-0.3, -0.25) is 9.59 Å². The summed E-state index contributed by atoms with van der Waals surface area (Å²) in [5, 5.41) is 0.962. The Morgan fingerprint density at radius 1 is 0.947 bits per heavy atom. The van der Waals surface area contributed by atoms with Crippen molar-refractivity contribution >= 4 is 22.7 Å². The molecule has 8 nitrogen and oxygen atoms in total. The van der Waals surface area contributed by atoms with Crippen LogP contribution in [0.2, 0.25) is 0 Å². The zero-order chi connectivity index (χ0) is 26.2. The van der Waals surface area contributed by atoms with Gasteiger partial charge in [-0.05, 0) is 37.1 Å². The molecule has 0 unspecified atom stereocenters. The van der Waals surface area contributed by atoms with E-state index >= 15 is 0 Å². The van der Waals surface area contributed by atoms with Gasteiger partial charge in [-0.25, -0.2) is 4.98 Å². The van der Waals surface area contributed by atoms with E-state index in [2.05, 4.69) is 0 Å². The molecule has 4 aromatic rings. The Morgan fingerprint density at radius 2 is 1.79 bits per heavy atom. The number of carbonyl (C=O) groups excluding carboxylic acids is 2. The van der Waals surface area contributed by atoms with Crippen molar-refractivity contribution < 1.29 is 19.1 Å². The van der Waals surface area contributed by atoms with E-state index in [1.54, 1.807) is 14.2 Å². The SMILES string of the molecule is COc1ccc(CN2CCn3cc(-c4cccc5ccc(C(=O)N6CCCC6)nc45)cc3C2=O)c(OC)c1. The van der Waals surface area contributed by atoms with E-state index in [0.717, 1.165) is 53.5 Å². The van der Waals surface area contributed by atoms with Crippen LogP contribution in [0.4, 0.5) is 0 Å². The summed E-state index contributed by atoms with van der Waals surface area (Å²) in [6.07, 6.45) is 4.10. The number of pyridine rings is 1. The molecule has 38 heavy (non-hydrogen) atoms. The monoisotopic (exact) mass is 510 g/mol.